The van der Waals surface area contributed by atoms with E-state index in [1.807, 2.05) is 0 Å². The zero-order valence-electron chi connectivity index (χ0n) is 4.78. The number of halogens is 1. The van der Waals surface area contributed by atoms with Crippen molar-refractivity contribution in [1.29, 1.82) is 0 Å². The van der Waals surface area contributed by atoms with Gasteiger partial charge in [-0.2, -0.15) is 0 Å². The largest absolute Gasteiger partial charge is 0.325 e. The molecule has 0 aliphatic heterocycles. The lowest BCUT2D eigenvalue weighted by Gasteiger charge is -2.40. The molecule has 0 unspecified atom stereocenters. The summed E-state index contributed by atoms with van der Waals surface area (Å²) in [4.78, 5) is 0. The molecule has 0 aromatic carbocycles. The smallest absolute Gasteiger partial charge is 0.0293 e. The minimum atomic E-state index is 0.253. The molecule has 0 aromatic rings. The maximum absolute atomic E-state index is 5.90. The van der Waals surface area contributed by atoms with Gasteiger partial charge in [0, 0.05) is 9.86 Å². The van der Waals surface area contributed by atoms with Crippen LogP contribution in [-0.4, -0.2) is 9.86 Å². The molecular formula is C6H10BrN. The first-order valence-corrected chi connectivity index (χ1v) is 3.89. The molecule has 0 radical (unpaired) electrons. The second-order valence-electron chi connectivity index (χ2n) is 3.37. The van der Waals surface area contributed by atoms with Crippen molar-refractivity contribution in [2.75, 3.05) is 0 Å². The fourth-order valence-electron chi connectivity index (χ4n) is 2.04. The van der Waals surface area contributed by atoms with Crippen LogP contribution in [0, 0.1) is 0 Å². The Morgan fingerprint density at radius 3 is 2.00 bits per heavy atom. The average molecular weight is 176 g/mol. The minimum absolute atomic E-state index is 0.253. The van der Waals surface area contributed by atoms with E-state index in [1.165, 1.54) is 25.7 Å². The number of nitrogens with two attached hydrogens (primary N) is 1. The van der Waals surface area contributed by atoms with Crippen LogP contribution < -0.4 is 5.73 Å². The van der Waals surface area contributed by atoms with Crippen LogP contribution >= 0.6 is 15.9 Å². The van der Waals surface area contributed by atoms with Crippen molar-refractivity contribution < 1.29 is 0 Å². The Balaban J connectivity index is 2.22. The Morgan fingerprint density at radius 2 is 1.88 bits per heavy atom. The molecule has 2 N–H and O–H groups in total. The van der Waals surface area contributed by atoms with E-state index in [2.05, 4.69) is 15.9 Å². The van der Waals surface area contributed by atoms with E-state index in [4.69, 9.17) is 5.73 Å². The van der Waals surface area contributed by atoms with Gasteiger partial charge in [0.25, 0.3) is 0 Å². The van der Waals surface area contributed by atoms with Crippen LogP contribution in [-0.2, 0) is 0 Å². The monoisotopic (exact) mass is 175 g/mol. The highest BCUT2D eigenvalue weighted by Crippen LogP contribution is 2.58. The second-order valence-corrected chi connectivity index (χ2v) is 5.05. The summed E-state index contributed by atoms with van der Waals surface area (Å²) in [6.45, 7) is 0. The molecule has 2 bridgehead atoms. The van der Waals surface area contributed by atoms with E-state index in [0.717, 1.165) is 0 Å². The predicted molar refractivity (Wildman–Crippen MR) is 37.0 cm³/mol. The summed E-state index contributed by atoms with van der Waals surface area (Å²) in [5.41, 5.74) is 6.15. The lowest BCUT2D eigenvalue weighted by molar-refractivity contribution is 0.283. The highest BCUT2D eigenvalue weighted by atomic mass is 79.9. The third-order valence-electron chi connectivity index (χ3n) is 2.41. The maximum Gasteiger partial charge on any atom is 0.0293 e. The highest BCUT2D eigenvalue weighted by Gasteiger charge is 2.57. The molecular weight excluding hydrogens is 166 g/mol. The molecule has 0 aromatic heterocycles. The van der Waals surface area contributed by atoms with E-state index < -0.39 is 0 Å². The van der Waals surface area contributed by atoms with E-state index in [1.54, 1.807) is 0 Å². The molecule has 0 saturated heterocycles. The van der Waals surface area contributed by atoms with Crippen LogP contribution in [0.2, 0.25) is 0 Å². The second kappa shape index (κ2) is 1.14. The first-order chi connectivity index (χ1) is 3.62. The molecule has 0 amide bonds. The SMILES string of the molecule is NC12CCC(Br)(C1)C2. The number of hydrogen-bond donors (Lipinski definition) is 1. The van der Waals surface area contributed by atoms with Gasteiger partial charge >= 0.3 is 0 Å². The lowest BCUT2D eigenvalue weighted by Crippen LogP contribution is -2.50. The van der Waals surface area contributed by atoms with Crippen molar-refractivity contribution in [2.45, 2.75) is 35.5 Å². The molecule has 1 nitrogen and oxygen atoms in total. The van der Waals surface area contributed by atoms with Gasteiger partial charge in [0.2, 0.25) is 0 Å². The zero-order valence-corrected chi connectivity index (χ0v) is 6.37. The Morgan fingerprint density at radius 1 is 1.25 bits per heavy atom. The first-order valence-electron chi connectivity index (χ1n) is 3.10. The van der Waals surface area contributed by atoms with E-state index in [-0.39, 0.29) is 5.54 Å². The predicted octanol–water partition coefficient (Wildman–Crippen LogP) is 1.41. The summed E-state index contributed by atoms with van der Waals surface area (Å²) < 4.78 is 0.488. The quantitative estimate of drug-likeness (QED) is 0.554. The van der Waals surface area contributed by atoms with Crippen LogP contribution in [0.1, 0.15) is 25.7 Å². The van der Waals surface area contributed by atoms with Crippen LogP contribution in [0.3, 0.4) is 0 Å². The van der Waals surface area contributed by atoms with Gasteiger partial charge in [-0.25, -0.2) is 0 Å². The Kier molecular flexibility index (Phi) is 0.748. The van der Waals surface area contributed by atoms with Crippen LogP contribution in [0.25, 0.3) is 0 Å². The molecule has 0 atom stereocenters. The number of hydrogen-bond acceptors (Lipinski definition) is 1. The van der Waals surface area contributed by atoms with Gasteiger partial charge in [0.1, 0.15) is 0 Å². The molecule has 3 fully saturated rings. The van der Waals surface area contributed by atoms with Gasteiger partial charge in [-0.3, -0.25) is 0 Å². The molecule has 0 spiro atoms. The summed E-state index contributed by atoms with van der Waals surface area (Å²) in [5.74, 6) is 0. The van der Waals surface area contributed by atoms with Gasteiger partial charge in [-0.15, -0.1) is 0 Å². The number of alkyl halides is 1. The van der Waals surface area contributed by atoms with Gasteiger partial charge in [-0.1, -0.05) is 15.9 Å². The van der Waals surface area contributed by atoms with Gasteiger partial charge in [0.05, 0.1) is 0 Å². The zero-order chi connectivity index (χ0) is 5.83. The van der Waals surface area contributed by atoms with Crippen molar-refractivity contribution in [2.24, 2.45) is 5.73 Å². The lowest BCUT2D eigenvalue weighted by atomic mass is 9.78. The Hall–Kier alpha value is 0.440. The fourth-order valence-corrected chi connectivity index (χ4v) is 3.35. The van der Waals surface area contributed by atoms with Gasteiger partial charge in [0.15, 0.2) is 0 Å². The van der Waals surface area contributed by atoms with E-state index in [9.17, 15) is 0 Å². The average Bonchev–Trinajstić information content (AvgIpc) is 1.88. The van der Waals surface area contributed by atoms with Crippen LogP contribution in [0.4, 0.5) is 0 Å². The van der Waals surface area contributed by atoms with Crippen molar-refractivity contribution in [3.8, 4) is 0 Å². The summed E-state index contributed by atoms with van der Waals surface area (Å²) in [7, 11) is 0. The molecule has 0 heterocycles. The van der Waals surface area contributed by atoms with Gasteiger partial charge in [-0.05, 0) is 25.7 Å². The summed E-state index contributed by atoms with van der Waals surface area (Å²) in [5, 5.41) is 0. The van der Waals surface area contributed by atoms with E-state index >= 15 is 0 Å². The normalized spacial score (nSPS) is 60.8. The molecule has 46 valence electrons. The number of rotatable bonds is 0. The topological polar surface area (TPSA) is 26.0 Å². The molecule has 3 rings (SSSR count). The summed E-state index contributed by atoms with van der Waals surface area (Å²) in [6, 6.07) is 0. The van der Waals surface area contributed by atoms with Crippen LogP contribution in [0.5, 0.6) is 0 Å². The van der Waals surface area contributed by atoms with Crippen LogP contribution in [0.15, 0.2) is 0 Å². The van der Waals surface area contributed by atoms with Crippen molar-refractivity contribution in [3.63, 3.8) is 0 Å². The third kappa shape index (κ3) is 0.504. The molecule has 3 aliphatic rings. The van der Waals surface area contributed by atoms with Crippen molar-refractivity contribution in [1.82, 2.24) is 0 Å². The highest BCUT2D eigenvalue weighted by molar-refractivity contribution is 9.10. The Labute approximate surface area is 57.8 Å². The van der Waals surface area contributed by atoms with E-state index in [0.29, 0.717) is 4.32 Å². The maximum atomic E-state index is 5.90. The first kappa shape index (κ1) is 5.24. The summed E-state index contributed by atoms with van der Waals surface area (Å²) in [6.07, 6.45) is 4.95. The molecule has 3 aliphatic carbocycles. The summed E-state index contributed by atoms with van der Waals surface area (Å²) >= 11 is 3.66. The third-order valence-corrected chi connectivity index (χ3v) is 3.37. The van der Waals surface area contributed by atoms with Crippen molar-refractivity contribution >= 4 is 15.9 Å². The standard InChI is InChI=1S/C6H10BrN/c7-5-1-2-6(8,3-5)4-5/h1-4,8H2. The molecule has 2 heteroatoms. The molecule has 8 heavy (non-hydrogen) atoms. The number of fused-ring (bicyclic) bond motifs is 1. The fraction of sp³-hybridized carbons (Fsp3) is 1.00. The van der Waals surface area contributed by atoms with Crippen molar-refractivity contribution in [3.05, 3.63) is 0 Å². The minimum Gasteiger partial charge on any atom is -0.325 e. The van der Waals surface area contributed by atoms with Gasteiger partial charge < -0.3 is 5.73 Å². The Bertz CT molecular complexity index is 112. The molecule has 3 saturated carbocycles.